The fraction of sp³-hybridized carbons (Fsp3) is 0.586. The number of rotatable bonds is 14. The second-order valence-corrected chi connectivity index (χ2v) is 13.4. The first kappa shape index (κ1) is 38.6. The summed E-state index contributed by atoms with van der Waals surface area (Å²) < 4.78 is 0. The number of phenols is 1. The maximum atomic E-state index is 13.6. The lowest BCUT2D eigenvalue weighted by atomic mass is 10.0. The molecule has 11 N–H and O–H groups in total. The van der Waals surface area contributed by atoms with Gasteiger partial charge < -0.3 is 48.3 Å². The summed E-state index contributed by atoms with van der Waals surface area (Å²) in [6.07, 6.45) is 2.60. The Bertz CT molecular complexity index is 1190. The molecule has 17 heteroatoms. The number of carboxylic acid groups (broad SMARTS) is 1. The molecular formula is C29H45N7O8S2. The van der Waals surface area contributed by atoms with Gasteiger partial charge in [-0.3, -0.25) is 24.0 Å². The number of aromatic hydroxyl groups is 1. The number of hydrogen-bond donors (Lipinski definition) is 9. The Kier molecular flexibility index (Phi) is 17.3. The van der Waals surface area contributed by atoms with Crippen LogP contribution in [0.3, 0.4) is 0 Å². The average Bonchev–Trinajstić information content (AvgIpc) is 3.00. The molecule has 1 aromatic carbocycles. The maximum absolute atomic E-state index is 13.6. The van der Waals surface area contributed by atoms with Gasteiger partial charge in [0.1, 0.15) is 36.0 Å². The third kappa shape index (κ3) is 13.8. The smallest absolute Gasteiger partial charge is 0.327 e. The standard InChI is InChI=1S/C29H45N7O8S2/c1-17(37)32-22(14-18-8-10-19(38)11-9-18)27(41)35-23-15-45-46-16-24(29(43)44)36-26(40)21(7-3-5-13-31)33-25(39)20(34-28(23)42)6-2-4-12-30/h8-11,20-24,38H,2-7,12-16,30-31H2,1H3,(H,32,37)(H,33,39)(H,34,42)(H,35,41)(H,36,40)(H,43,44)/t20-,21-,22-,23-,24-/m0/s1. The van der Waals surface area contributed by atoms with Gasteiger partial charge in [0.15, 0.2) is 0 Å². The minimum Gasteiger partial charge on any atom is -0.508 e. The van der Waals surface area contributed by atoms with Gasteiger partial charge in [0.05, 0.1) is 0 Å². The fourth-order valence-corrected chi connectivity index (χ4v) is 6.84. The van der Waals surface area contributed by atoms with Crippen LogP contribution in [0.5, 0.6) is 5.75 Å². The summed E-state index contributed by atoms with van der Waals surface area (Å²) in [5.74, 6) is -4.41. The summed E-state index contributed by atoms with van der Waals surface area (Å²) in [6, 6.07) is 0.431. The van der Waals surface area contributed by atoms with E-state index in [0.717, 1.165) is 21.6 Å². The van der Waals surface area contributed by atoms with Crippen molar-refractivity contribution >= 4 is 57.1 Å². The molecule has 1 aromatic rings. The highest BCUT2D eigenvalue weighted by Crippen LogP contribution is 2.24. The zero-order valence-electron chi connectivity index (χ0n) is 25.8. The highest BCUT2D eigenvalue weighted by molar-refractivity contribution is 8.76. The molecule has 46 heavy (non-hydrogen) atoms. The van der Waals surface area contributed by atoms with Crippen molar-refractivity contribution in [2.75, 3.05) is 24.6 Å². The quantitative estimate of drug-likeness (QED) is 0.0856. The molecule has 256 valence electrons. The van der Waals surface area contributed by atoms with Crippen molar-refractivity contribution in [3.05, 3.63) is 29.8 Å². The van der Waals surface area contributed by atoms with Crippen molar-refractivity contribution in [2.24, 2.45) is 11.5 Å². The average molecular weight is 684 g/mol. The van der Waals surface area contributed by atoms with Crippen LogP contribution in [0.2, 0.25) is 0 Å². The van der Waals surface area contributed by atoms with E-state index >= 15 is 0 Å². The number of carboxylic acids is 1. The van der Waals surface area contributed by atoms with E-state index < -0.39 is 65.7 Å². The summed E-state index contributed by atoms with van der Waals surface area (Å²) in [6.45, 7) is 1.99. The first-order valence-corrected chi connectivity index (χ1v) is 17.6. The van der Waals surface area contributed by atoms with Crippen LogP contribution in [0, 0.1) is 0 Å². The van der Waals surface area contributed by atoms with Gasteiger partial charge in [0.2, 0.25) is 29.5 Å². The molecule has 0 saturated carbocycles. The number of benzene rings is 1. The van der Waals surface area contributed by atoms with Crippen molar-refractivity contribution in [1.29, 1.82) is 0 Å². The van der Waals surface area contributed by atoms with Gasteiger partial charge in [-0.25, -0.2) is 4.79 Å². The van der Waals surface area contributed by atoms with E-state index in [1.165, 1.54) is 19.1 Å². The number of nitrogens with one attached hydrogen (secondary N) is 5. The summed E-state index contributed by atoms with van der Waals surface area (Å²) in [5, 5.41) is 32.5. The summed E-state index contributed by atoms with van der Waals surface area (Å²) in [5.41, 5.74) is 11.9. The number of phenolic OH excluding ortho intramolecular Hbond substituents is 1. The zero-order chi connectivity index (χ0) is 34.1. The van der Waals surface area contributed by atoms with E-state index in [4.69, 9.17) is 11.5 Å². The number of amides is 5. The molecule has 1 fully saturated rings. The topological polar surface area (TPSA) is 255 Å². The van der Waals surface area contributed by atoms with E-state index in [-0.39, 0.29) is 36.5 Å². The molecule has 5 amide bonds. The highest BCUT2D eigenvalue weighted by atomic mass is 33.1. The molecular weight excluding hydrogens is 638 g/mol. The molecule has 15 nitrogen and oxygen atoms in total. The molecule has 0 radical (unpaired) electrons. The van der Waals surface area contributed by atoms with E-state index in [1.807, 2.05) is 0 Å². The lowest BCUT2D eigenvalue weighted by Crippen LogP contribution is -2.59. The van der Waals surface area contributed by atoms with Crippen LogP contribution < -0.4 is 38.1 Å². The molecule has 1 aliphatic heterocycles. The van der Waals surface area contributed by atoms with Crippen LogP contribution in [-0.2, 0) is 35.2 Å². The number of aliphatic carboxylic acids is 1. The van der Waals surface area contributed by atoms with Gasteiger partial charge in [0, 0.05) is 24.9 Å². The molecule has 0 bridgehead atoms. The monoisotopic (exact) mass is 683 g/mol. The molecule has 1 heterocycles. The van der Waals surface area contributed by atoms with Crippen LogP contribution in [0.25, 0.3) is 0 Å². The molecule has 5 atom stereocenters. The third-order valence-corrected chi connectivity index (χ3v) is 9.45. The second kappa shape index (κ2) is 20.6. The van der Waals surface area contributed by atoms with Gasteiger partial charge in [-0.2, -0.15) is 0 Å². The molecule has 1 aliphatic rings. The first-order valence-electron chi connectivity index (χ1n) is 15.1. The highest BCUT2D eigenvalue weighted by Gasteiger charge is 2.33. The lowest BCUT2D eigenvalue weighted by molar-refractivity contribution is -0.141. The van der Waals surface area contributed by atoms with Crippen LogP contribution in [-0.4, -0.2) is 101 Å². The van der Waals surface area contributed by atoms with Gasteiger partial charge in [-0.15, -0.1) is 0 Å². The Morgan fingerprint density at radius 2 is 1.41 bits per heavy atom. The normalized spacial score (nSPS) is 21.9. The minimum absolute atomic E-state index is 0.0205. The number of unbranched alkanes of at least 4 members (excludes halogenated alkanes) is 2. The lowest BCUT2D eigenvalue weighted by Gasteiger charge is -2.27. The molecule has 2 rings (SSSR count). The van der Waals surface area contributed by atoms with Crippen molar-refractivity contribution in [3.63, 3.8) is 0 Å². The Hall–Kier alpha value is -3.54. The summed E-state index contributed by atoms with van der Waals surface area (Å²) in [4.78, 5) is 77.5. The third-order valence-electron chi connectivity index (χ3n) is 7.03. The SMILES string of the molecule is CC(=O)N[C@@H](Cc1ccc(O)cc1)C(=O)N[C@H]1CSSC[C@@H](C(=O)O)NC(=O)[C@H](CCCCN)NC(=O)[C@H](CCCCN)NC1=O. The molecule has 0 spiro atoms. The fourth-order valence-electron chi connectivity index (χ4n) is 4.52. The van der Waals surface area contributed by atoms with E-state index in [0.29, 0.717) is 44.3 Å². The second-order valence-electron chi connectivity index (χ2n) is 10.8. The number of nitrogens with two attached hydrogens (primary N) is 2. The first-order chi connectivity index (χ1) is 21.9. The minimum atomic E-state index is -1.28. The molecule has 0 unspecified atom stereocenters. The number of carbonyl (C=O) groups excluding carboxylic acids is 5. The largest absolute Gasteiger partial charge is 0.508 e. The number of carbonyl (C=O) groups is 6. The summed E-state index contributed by atoms with van der Waals surface area (Å²) >= 11 is 0. The Balaban J connectivity index is 2.36. The Morgan fingerprint density at radius 1 is 0.870 bits per heavy atom. The van der Waals surface area contributed by atoms with Gasteiger partial charge >= 0.3 is 5.97 Å². The van der Waals surface area contributed by atoms with Gasteiger partial charge in [0.25, 0.3) is 0 Å². The van der Waals surface area contributed by atoms with Crippen molar-refractivity contribution in [3.8, 4) is 5.75 Å². The summed E-state index contributed by atoms with van der Waals surface area (Å²) in [7, 11) is 2.20. The van der Waals surface area contributed by atoms with Crippen molar-refractivity contribution in [2.45, 2.75) is 82.1 Å². The van der Waals surface area contributed by atoms with E-state index in [1.54, 1.807) is 12.1 Å². The molecule has 0 aromatic heterocycles. The number of hydrogen-bond acceptors (Lipinski definition) is 11. The van der Waals surface area contributed by atoms with Crippen LogP contribution in [0.1, 0.15) is 51.0 Å². The Labute approximate surface area is 275 Å². The van der Waals surface area contributed by atoms with Crippen molar-refractivity contribution in [1.82, 2.24) is 26.6 Å². The van der Waals surface area contributed by atoms with E-state index in [9.17, 15) is 39.0 Å². The zero-order valence-corrected chi connectivity index (χ0v) is 27.4. The van der Waals surface area contributed by atoms with Crippen molar-refractivity contribution < 1.29 is 39.0 Å². The molecule has 1 saturated heterocycles. The molecule has 0 aliphatic carbocycles. The van der Waals surface area contributed by atoms with Crippen LogP contribution in [0.4, 0.5) is 0 Å². The predicted octanol–water partition coefficient (Wildman–Crippen LogP) is -0.884. The van der Waals surface area contributed by atoms with E-state index in [2.05, 4.69) is 26.6 Å². The maximum Gasteiger partial charge on any atom is 0.327 e. The Morgan fingerprint density at radius 3 is 1.96 bits per heavy atom. The van der Waals surface area contributed by atoms with Gasteiger partial charge in [-0.05, 0) is 69.3 Å². The van der Waals surface area contributed by atoms with Crippen LogP contribution >= 0.6 is 21.6 Å². The predicted molar refractivity (Wildman–Crippen MR) is 176 cm³/mol. The van der Waals surface area contributed by atoms with Gasteiger partial charge in [-0.1, -0.05) is 33.7 Å². The van der Waals surface area contributed by atoms with Crippen LogP contribution in [0.15, 0.2) is 24.3 Å².